The Morgan fingerprint density at radius 3 is 2.30 bits per heavy atom. The molecule has 0 aromatic carbocycles. The van der Waals surface area contributed by atoms with E-state index in [1.54, 1.807) is 6.92 Å². The van der Waals surface area contributed by atoms with Gasteiger partial charge in [-0.15, -0.1) is 0 Å². The Morgan fingerprint density at radius 2 is 1.70 bits per heavy atom. The number of halogens is 6. The second-order valence-corrected chi connectivity index (χ2v) is 11.6. The van der Waals surface area contributed by atoms with E-state index in [1.165, 1.54) is 5.57 Å². The summed E-state index contributed by atoms with van der Waals surface area (Å²) in [5.41, 5.74) is -2.61. The monoisotopic (exact) mass is 540 g/mol. The van der Waals surface area contributed by atoms with Crippen LogP contribution in [-0.4, -0.2) is 56.7 Å². The molecule has 0 spiro atoms. The summed E-state index contributed by atoms with van der Waals surface area (Å²) in [4.78, 5) is 0. The van der Waals surface area contributed by atoms with Crippen LogP contribution < -0.4 is 0 Å². The van der Waals surface area contributed by atoms with Crippen LogP contribution in [0.4, 0.5) is 26.3 Å². The molecule has 3 aliphatic carbocycles. The van der Waals surface area contributed by atoms with Crippen LogP contribution in [0.5, 0.6) is 0 Å². The van der Waals surface area contributed by atoms with E-state index in [1.807, 2.05) is 12.2 Å². The lowest BCUT2D eigenvalue weighted by atomic mass is 9.60. The van der Waals surface area contributed by atoms with Crippen LogP contribution in [0.3, 0.4) is 0 Å². The van der Waals surface area contributed by atoms with Crippen molar-refractivity contribution in [1.29, 1.82) is 0 Å². The molecule has 4 nitrogen and oxygen atoms in total. The summed E-state index contributed by atoms with van der Waals surface area (Å²) in [6, 6.07) is 0. The Morgan fingerprint density at radius 1 is 1.08 bits per heavy atom. The van der Waals surface area contributed by atoms with Gasteiger partial charge >= 0.3 is 12.4 Å². The van der Waals surface area contributed by atoms with E-state index < -0.39 is 42.7 Å². The first kappa shape index (κ1) is 30.2. The van der Waals surface area contributed by atoms with Crippen molar-refractivity contribution < 1.29 is 46.8 Å². The second kappa shape index (κ2) is 10.7. The van der Waals surface area contributed by atoms with E-state index in [4.69, 9.17) is 0 Å². The third kappa shape index (κ3) is 5.97. The largest absolute Gasteiger partial charge is 0.426 e. The molecule has 3 aliphatic rings. The topological polar surface area (TPSA) is 80.9 Å². The SMILES string of the molecule is C=C1C(=CC=C2CCC[C@@]3(C)C2CC[C@@H]3[C@H](C)C[C@H](O)CC(O)(C(F)(F)F)C(F)(F)F)C[C@@H](O)C[C@@H]1O. The standard InChI is InChI=1S/C27H38F6O4/c1-15(11-20(35)14-25(37,26(28,29)30)27(31,32)33)21-8-9-22-17(5-4-10-24(21,22)3)6-7-18-12-19(34)13-23(36)16(18)2/h6-7,15,19-23,34-37H,2,4-5,8-14H2,1,3H3/t15-,19-,20+,21-,22?,23+,24-/m1/s1. The fourth-order valence-electron chi connectivity index (χ4n) is 7.09. The summed E-state index contributed by atoms with van der Waals surface area (Å²) >= 11 is 0. The van der Waals surface area contributed by atoms with Gasteiger partial charge in [0.25, 0.3) is 5.60 Å². The van der Waals surface area contributed by atoms with Crippen LogP contribution in [0.2, 0.25) is 0 Å². The van der Waals surface area contributed by atoms with Crippen LogP contribution in [0.25, 0.3) is 0 Å². The van der Waals surface area contributed by atoms with Crippen molar-refractivity contribution in [2.45, 2.75) is 108 Å². The fourth-order valence-corrected chi connectivity index (χ4v) is 7.09. The van der Waals surface area contributed by atoms with Gasteiger partial charge in [0, 0.05) is 12.8 Å². The molecule has 37 heavy (non-hydrogen) atoms. The molecule has 3 saturated carbocycles. The van der Waals surface area contributed by atoms with E-state index in [-0.39, 0.29) is 36.0 Å². The maximum Gasteiger partial charge on any atom is 0.426 e. The Labute approximate surface area is 213 Å². The molecule has 0 aromatic heterocycles. The second-order valence-electron chi connectivity index (χ2n) is 11.6. The minimum atomic E-state index is -5.95. The van der Waals surface area contributed by atoms with Crippen molar-refractivity contribution in [1.82, 2.24) is 0 Å². The highest BCUT2D eigenvalue weighted by Crippen LogP contribution is 2.60. The van der Waals surface area contributed by atoms with Gasteiger partial charge in [-0.25, -0.2) is 0 Å². The highest BCUT2D eigenvalue weighted by molar-refractivity contribution is 5.38. The van der Waals surface area contributed by atoms with Gasteiger partial charge in [0.05, 0.1) is 18.3 Å². The zero-order valence-corrected chi connectivity index (χ0v) is 21.2. The molecule has 3 rings (SSSR count). The quantitative estimate of drug-likeness (QED) is 0.323. The van der Waals surface area contributed by atoms with Gasteiger partial charge in [0.15, 0.2) is 0 Å². The number of hydrogen-bond acceptors (Lipinski definition) is 4. The summed E-state index contributed by atoms with van der Waals surface area (Å²) in [7, 11) is 0. The molecule has 3 fully saturated rings. The van der Waals surface area contributed by atoms with Crippen LogP contribution in [0, 0.1) is 23.2 Å². The molecule has 0 aromatic rings. The molecular weight excluding hydrogens is 502 g/mol. The van der Waals surface area contributed by atoms with Gasteiger partial charge in [-0.05, 0) is 79.3 Å². The lowest BCUT2D eigenvalue weighted by Crippen LogP contribution is -2.58. The Hall–Kier alpha value is -1.36. The maximum atomic E-state index is 13.1. The molecule has 0 aliphatic heterocycles. The molecule has 0 saturated heterocycles. The highest BCUT2D eigenvalue weighted by atomic mass is 19.4. The van der Waals surface area contributed by atoms with E-state index in [0.717, 1.165) is 37.7 Å². The number of alkyl halides is 6. The number of fused-ring (bicyclic) bond motifs is 1. The summed E-state index contributed by atoms with van der Waals surface area (Å²) in [5, 5.41) is 39.8. The van der Waals surface area contributed by atoms with Crippen molar-refractivity contribution in [2.24, 2.45) is 23.2 Å². The van der Waals surface area contributed by atoms with Gasteiger partial charge < -0.3 is 20.4 Å². The zero-order chi connectivity index (χ0) is 28.0. The number of aliphatic hydroxyl groups is 4. The third-order valence-corrected chi connectivity index (χ3v) is 9.10. The van der Waals surface area contributed by atoms with Crippen molar-refractivity contribution in [3.8, 4) is 0 Å². The first-order chi connectivity index (χ1) is 16.9. The molecule has 10 heteroatoms. The predicted octanol–water partition coefficient (Wildman–Crippen LogP) is 5.76. The fraction of sp³-hybridized carbons (Fsp3) is 0.778. The molecule has 4 N–H and O–H groups in total. The highest BCUT2D eigenvalue weighted by Gasteiger charge is 2.70. The van der Waals surface area contributed by atoms with E-state index in [2.05, 4.69) is 13.5 Å². The molecular formula is C27H38F6O4. The van der Waals surface area contributed by atoms with Gasteiger partial charge in [-0.3, -0.25) is 0 Å². The van der Waals surface area contributed by atoms with E-state index >= 15 is 0 Å². The molecule has 0 radical (unpaired) electrons. The molecule has 0 bridgehead atoms. The van der Waals surface area contributed by atoms with Gasteiger partial charge in [-0.2, -0.15) is 26.3 Å². The minimum absolute atomic E-state index is 0.0124. The summed E-state index contributed by atoms with van der Waals surface area (Å²) in [5.74, 6) is -0.185. The molecule has 7 atom stereocenters. The number of hydrogen-bond donors (Lipinski definition) is 4. The van der Waals surface area contributed by atoms with Crippen molar-refractivity contribution in [3.05, 3.63) is 35.5 Å². The lowest BCUT2D eigenvalue weighted by molar-refractivity contribution is -0.374. The number of allylic oxidation sites excluding steroid dienone is 3. The van der Waals surface area contributed by atoms with E-state index in [9.17, 15) is 46.8 Å². The van der Waals surface area contributed by atoms with Gasteiger partial charge in [0.2, 0.25) is 0 Å². The molecule has 0 amide bonds. The lowest BCUT2D eigenvalue weighted by Gasteiger charge is -2.45. The average Bonchev–Trinajstić information content (AvgIpc) is 3.11. The van der Waals surface area contributed by atoms with Gasteiger partial charge in [-0.1, -0.05) is 38.2 Å². The Bertz CT molecular complexity index is 894. The normalized spacial score (nSPS) is 35.6. The number of rotatable bonds is 6. The number of aliphatic hydroxyl groups excluding tert-OH is 3. The van der Waals surface area contributed by atoms with Crippen LogP contribution in [0.1, 0.15) is 71.6 Å². The Balaban J connectivity index is 1.73. The molecule has 212 valence electrons. The zero-order valence-electron chi connectivity index (χ0n) is 21.2. The summed E-state index contributed by atoms with van der Waals surface area (Å²) in [6.45, 7) is 7.78. The van der Waals surface area contributed by atoms with Crippen LogP contribution >= 0.6 is 0 Å². The van der Waals surface area contributed by atoms with E-state index in [0.29, 0.717) is 12.0 Å². The van der Waals surface area contributed by atoms with Crippen molar-refractivity contribution >= 4 is 0 Å². The smallest absolute Gasteiger partial charge is 0.393 e. The van der Waals surface area contributed by atoms with Crippen LogP contribution in [-0.2, 0) is 0 Å². The van der Waals surface area contributed by atoms with Crippen molar-refractivity contribution in [3.63, 3.8) is 0 Å². The molecule has 0 heterocycles. The molecule has 1 unspecified atom stereocenters. The summed E-state index contributed by atoms with van der Waals surface area (Å²) in [6.07, 6.45) is -8.72. The Kier molecular flexibility index (Phi) is 8.70. The average molecular weight is 541 g/mol. The van der Waals surface area contributed by atoms with Gasteiger partial charge in [0.1, 0.15) is 0 Å². The van der Waals surface area contributed by atoms with Crippen molar-refractivity contribution in [2.75, 3.05) is 0 Å². The third-order valence-electron chi connectivity index (χ3n) is 9.10. The summed E-state index contributed by atoms with van der Waals surface area (Å²) < 4.78 is 78.4. The predicted molar refractivity (Wildman–Crippen MR) is 126 cm³/mol. The van der Waals surface area contributed by atoms with Crippen LogP contribution in [0.15, 0.2) is 35.5 Å². The minimum Gasteiger partial charge on any atom is -0.393 e. The first-order valence-electron chi connectivity index (χ1n) is 12.9. The first-order valence-corrected chi connectivity index (χ1v) is 12.9. The maximum absolute atomic E-state index is 13.1.